The number of benzene rings is 1. The molecule has 0 bridgehead atoms. The van der Waals surface area contributed by atoms with Gasteiger partial charge in [0, 0.05) is 26.7 Å². The van der Waals surface area contributed by atoms with Crippen LogP contribution in [0.1, 0.15) is 12.5 Å². The van der Waals surface area contributed by atoms with Gasteiger partial charge in [-0.2, -0.15) is 0 Å². The number of methoxy groups -OCH3 is 1. The Morgan fingerprint density at radius 3 is 2.65 bits per heavy atom. The number of rotatable bonds is 8. The van der Waals surface area contributed by atoms with Crippen molar-refractivity contribution in [3.63, 3.8) is 0 Å². The van der Waals surface area contributed by atoms with E-state index < -0.39 is 10.0 Å². The van der Waals surface area contributed by atoms with Crippen LogP contribution in [0.15, 0.2) is 24.3 Å². The number of hydrogen-bond acceptors (Lipinski definition) is 4. The monoisotopic (exact) mass is 300 g/mol. The minimum absolute atomic E-state index is 0.114. The van der Waals surface area contributed by atoms with E-state index in [2.05, 4.69) is 5.32 Å². The molecule has 1 rings (SSSR count). The SMILES string of the molecule is COc1cccc(C[C@H](C)NCCS(=O)(=O)N(C)C)c1. The van der Waals surface area contributed by atoms with Crippen molar-refractivity contribution >= 4 is 10.0 Å². The second-order valence-electron chi connectivity index (χ2n) is 5.01. The quantitative estimate of drug-likeness (QED) is 0.781. The van der Waals surface area contributed by atoms with Gasteiger partial charge in [0.15, 0.2) is 0 Å². The molecular formula is C14H24N2O3S. The third-order valence-corrected chi connectivity index (χ3v) is 4.92. The molecule has 0 saturated carbocycles. The molecule has 0 aliphatic heterocycles. The largest absolute Gasteiger partial charge is 0.497 e. The molecule has 0 amide bonds. The van der Waals surface area contributed by atoms with Crippen LogP contribution in [0, 0.1) is 0 Å². The topological polar surface area (TPSA) is 58.6 Å². The number of hydrogen-bond donors (Lipinski definition) is 1. The number of sulfonamides is 1. The van der Waals surface area contributed by atoms with Crippen molar-refractivity contribution in [2.75, 3.05) is 33.5 Å². The number of nitrogens with zero attached hydrogens (tertiary/aromatic N) is 1. The van der Waals surface area contributed by atoms with E-state index in [1.807, 2.05) is 31.2 Å². The molecule has 1 aromatic rings. The molecule has 5 nitrogen and oxygen atoms in total. The van der Waals surface area contributed by atoms with Crippen molar-refractivity contribution < 1.29 is 13.2 Å². The molecule has 0 radical (unpaired) electrons. The standard InChI is InChI=1S/C14H24N2O3S/c1-12(15-8-9-20(17,18)16(2)3)10-13-6-5-7-14(11-13)19-4/h5-7,11-12,15H,8-10H2,1-4H3/t12-/m0/s1. The Kier molecular flexibility index (Phi) is 6.45. The summed E-state index contributed by atoms with van der Waals surface area (Å²) in [7, 11) is 1.62. The first-order chi connectivity index (χ1) is 9.35. The highest BCUT2D eigenvalue weighted by atomic mass is 32.2. The van der Waals surface area contributed by atoms with Crippen LogP contribution in [-0.4, -0.2) is 52.3 Å². The van der Waals surface area contributed by atoms with Crippen molar-refractivity contribution in [2.45, 2.75) is 19.4 Å². The first-order valence-corrected chi connectivity index (χ1v) is 8.22. The van der Waals surface area contributed by atoms with Crippen molar-refractivity contribution in [1.29, 1.82) is 0 Å². The zero-order valence-electron chi connectivity index (χ0n) is 12.6. The highest BCUT2D eigenvalue weighted by Crippen LogP contribution is 2.13. The van der Waals surface area contributed by atoms with Crippen LogP contribution in [0.4, 0.5) is 0 Å². The maximum absolute atomic E-state index is 11.6. The van der Waals surface area contributed by atoms with Gasteiger partial charge in [-0.05, 0) is 31.0 Å². The summed E-state index contributed by atoms with van der Waals surface area (Å²) in [6, 6.07) is 8.11. The van der Waals surface area contributed by atoms with Gasteiger partial charge in [-0.1, -0.05) is 12.1 Å². The molecule has 0 saturated heterocycles. The molecular weight excluding hydrogens is 276 g/mol. The van der Waals surface area contributed by atoms with Gasteiger partial charge in [-0.3, -0.25) is 0 Å². The zero-order valence-corrected chi connectivity index (χ0v) is 13.4. The first kappa shape index (κ1) is 16.9. The lowest BCUT2D eigenvalue weighted by Gasteiger charge is -2.16. The van der Waals surface area contributed by atoms with Gasteiger partial charge in [0.25, 0.3) is 0 Å². The molecule has 6 heteroatoms. The number of ether oxygens (including phenoxy) is 1. The lowest BCUT2D eigenvalue weighted by Crippen LogP contribution is -2.35. The van der Waals surface area contributed by atoms with Crippen molar-refractivity contribution in [1.82, 2.24) is 9.62 Å². The lowest BCUT2D eigenvalue weighted by atomic mass is 10.1. The van der Waals surface area contributed by atoms with E-state index in [9.17, 15) is 8.42 Å². The van der Waals surface area contributed by atoms with E-state index >= 15 is 0 Å². The fourth-order valence-electron chi connectivity index (χ4n) is 1.84. The Bertz CT molecular complexity index is 515. The van der Waals surface area contributed by atoms with Gasteiger partial charge in [0.05, 0.1) is 12.9 Å². The summed E-state index contributed by atoms with van der Waals surface area (Å²) >= 11 is 0. The molecule has 1 atom stereocenters. The maximum Gasteiger partial charge on any atom is 0.214 e. The van der Waals surface area contributed by atoms with E-state index in [1.165, 1.54) is 9.87 Å². The van der Waals surface area contributed by atoms with Gasteiger partial charge in [-0.25, -0.2) is 12.7 Å². The third-order valence-electron chi connectivity index (χ3n) is 3.09. The molecule has 1 N–H and O–H groups in total. The Morgan fingerprint density at radius 1 is 1.35 bits per heavy atom. The fraction of sp³-hybridized carbons (Fsp3) is 0.571. The van der Waals surface area contributed by atoms with E-state index in [4.69, 9.17) is 4.74 Å². The second-order valence-corrected chi connectivity index (χ2v) is 7.31. The molecule has 0 aliphatic carbocycles. The van der Waals surface area contributed by atoms with E-state index in [1.54, 1.807) is 21.2 Å². The minimum Gasteiger partial charge on any atom is -0.497 e. The summed E-state index contributed by atoms with van der Waals surface area (Å²) in [4.78, 5) is 0. The summed E-state index contributed by atoms with van der Waals surface area (Å²) in [6.45, 7) is 2.49. The van der Waals surface area contributed by atoms with Gasteiger partial charge >= 0.3 is 0 Å². The Labute approximate surface area is 122 Å². The van der Waals surface area contributed by atoms with Gasteiger partial charge in [0.2, 0.25) is 10.0 Å². The summed E-state index contributed by atoms with van der Waals surface area (Å²) in [6.07, 6.45) is 0.833. The summed E-state index contributed by atoms with van der Waals surface area (Å²) < 4.78 is 29.7. The highest BCUT2D eigenvalue weighted by Gasteiger charge is 2.13. The number of nitrogens with one attached hydrogen (secondary N) is 1. The lowest BCUT2D eigenvalue weighted by molar-refractivity contribution is 0.414. The predicted octanol–water partition coefficient (Wildman–Crippen LogP) is 1.11. The van der Waals surface area contributed by atoms with Crippen LogP contribution >= 0.6 is 0 Å². The predicted molar refractivity (Wildman–Crippen MR) is 81.6 cm³/mol. The van der Waals surface area contributed by atoms with Crippen LogP contribution in [0.25, 0.3) is 0 Å². The third kappa shape index (κ3) is 5.48. The van der Waals surface area contributed by atoms with Crippen LogP contribution < -0.4 is 10.1 Å². The molecule has 0 aromatic heterocycles. The minimum atomic E-state index is -3.13. The fourth-order valence-corrected chi connectivity index (χ4v) is 2.58. The average Bonchev–Trinajstić information content (AvgIpc) is 2.38. The summed E-state index contributed by atoms with van der Waals surface area (Å²) in [5, 5.41) is 3.23. The van der Waals surface area contributed by atoms with Crippen LogP contribution in [0.3, 0.4) is 0 Å². The molecule has 0 unspecified atom stereocenters. The van der Waals surface area contributed by atoms with Crippen molar-refractivity contribution in [3.8, 4) is 5.75 Å². The molecule has 0 fully saturated rings. The van der Waals surface area contributed by atoms with Crippen molar-refractivity contribution in [2.24, 2.45) is 0 Å². The summed E-state index contributed by atoms with van der Waals surface area (Å²) in [5.74, 6) is 0.951. The first-order valence-electron chi connectivity index (χ1n) is 6.61. The molecule has 1 aromatic carbocycles. The smallest absolute Gasteiger partial charge is 0.214 e. The average molecular weight is 300 g/mol. The molecule has 20 heavy (non-hydrogen) atoms. The molecule has 114 valence electrons. The Balaban J connectivity index is 2.42. The van der Waals surface area contributed by atoms with Crippen molar-refractivity contribution in [3.05, 3.63) is 29.8 Å². The molecule has 0 aliphatic rings. The van der Waals surface area contributed by atoms with Crippen LogP contribution in [0.5, 0.6) is 5.75 Å². The Morgan fingerprint density at radius 2 is 2.05 bits per heavy atom. The van der Waals surface area contributed by atoms with Crippen LogP contribution in [-0.2, 0) is 16.4 Å². The zero-order chi connectivity index (χ0) is 15.2. The van der Waals surface area contributed by atoms with E-state index in [0.717, 1.165) is 12.2 Å². The normalized spacial score (nSPS) is 13.4. The maximum atomic E-state index is 11.6. The highest BCUT2D eigenvalue weighted by molar-refractivity contribution is 7.89. The van der Waals surface area contributed by atoms with E-state index in [0.29, 0.717) is 6.54 Å². The summed E-state index contributed by atoms with van der Waals surface area (Å²) in [5.41, 5.74) is 1.17. The van der Waals surface area contributed by atoms with Gasteiger partial charge in [-0.15, -0.1) is 0 Å². The molecule has 0 heterocycles. The molecule has 0 spiro atoms. The Hall–Kier alpha value is -1.11. The second kappa shape index (κ2) is 7.61. The van der Waals surface area contributed by atoms with Gasteiger partial charge in [0.1, 0.15) is 5.75 Å². The van der Waals surface area contributed by atoms with Crippen LogP contribution in [0.2, 0.25) is 0 Å². The van der Waals surface area contributed by atoms with Gasteiger partial charge < -0.3 is 10.1 Å². The van der Waals surface area contributed by atoms with E-state index in [-0.39, 0.29) is 11.8 Å².